The molecule has 4 nitrogen and oxygen atoms in total. The summed E-state index contributed by atoms with van der Waals surface area (Å²) in [5, 5.41) is 2.84. The van der Waals surface area contributed by atoms with Gasteiger partial charge in [0.1, 0.15) is 5.75 Å². The number of amides is 1. The van der Waals surface area contributed by atoms with E-state index in [-0.39, 0.29) is 5.91 Å². The van der Waals surface area contributed by atoms with E-state index in [0.717, 1.165) is 17.0 Å². The fourth-order valence-corrected chi connectivity index (χ4v) is 1.59. The number of rotatable bonds is 3. The van der Waals surface area contributed by atoms with Gasteiger partial charge in [-0.25, -0.2) is 0 Å². The Morgan fingerprint density at radius 2 is 2.17 bits per heavy atom. The van der Waals surface area contributed by atoms with E-state index in [1.165, 1.54) is 6.20 Å². The fraction of sp³-hybridized carbons (Fsp3) is 0.143. The number of aryl methyl sites for hydroxylation is 1. The van der Waals surface area contributed by atoms with Crippen LogP contribution in [0.5, 0.6) is 5.75 Å². The molecule has 1 aromatic heterocycles. The lowest BCUT2D eigenvalue weighted by Gasteiger charge is -2.09. The van der Waals surface area contributed by atoms with Crippen LogP contribution in [0.4, 0.5) is 5.69 Å². The summed E-state index contributed by atoms with van der Waals surface area (Å²) in [5.41, 5.74) is 2.25. The molecule has 1 heterocycles. The van der Waals surface area contributed by atoms with Crippen LogP contribution in [-0.4, -0.2) is 18.0 Å². The largest absolute Gasteiger partial charge is 0.497 e. The molecule has 0 atom stereocenters. The topological polar surface area (TPSA) is 51.2 Å². The third kappa shape index (κ3) is 2.66. The second-order valence-electron chi connectivity index (χ2n) is 3.88. The molecular formula is C14H14N2O2. The number of pyridine rings is 1. The van der Waals surface area contributed by atoms with Crippen LogP contribution in [0.1, 0.15) is 15.9 Å². The van der Waals surface area contributed by atoms with Crippen LogP contribution in [-0.2, 0) is 0 Å². The molecule has 1 aromatic carbocycles. The number of hydrogen-bond donors (Lipinski definition) is 1. The third-order valence-electron chi connectivity index (χ3n) is 2.61. The van der Waals surface area contributed by atoms with E-state index < -0.39 is 0 Å². The summed E-state index contributed by atoms with van der Waals surface area (Å²) in [4.78, 5) is 15.9. The summed E-state index contributed by atoms with van der Waals surface area (Å²) in [6, 6.07) is 8.96. The summed E-state index contributed by atoms with van der Waals surface area (Å²) < 4.78 is 5.12. The molecule has 1 amide bonds. The highest BCUT2D eigenvalue weighted by atomic mass is 16.5. The van der Waals surface area contributed by atoms with E-state index in [9.17, 15) is 4.79 Å². The maximum Gasteiger partial charge on any atom is 0.257 e. The van der Waals surface area contributed by atoms with Crippen LogP contribution in [0, 0.1) is 6.92 Å². The average Bonchev–Trinajstić information content (AvgIpc) is 2.42. The number of ether oxygens (including phenoxy) is 1. The Kier molecular flexibility index (Phi) is 3.57. The predicted molar refractivity (Wildman–Crippen MR) is 69.9 cm³/mol. The van der Waals surface area contributed by atoms with Gasteiger partial charge in [0.2, 0.25) is 0 Å². The van der Waals surface area contributed by atoms with Gasteiger partial charge in [0.15, 0.2) is 0 Å². The van der Waals surface area contributed by atoms with Crippen LogP contribution in [0.3, 0.4) is 0 Å². The molecule has 0 fully saturated rings. The van der Waals surface area contributed by atoms with Gasteiger partial charge in [-0.1, -0.05) is 0 Å². The Morgan fingerprint density at radius 1 is 1.33 bits per heavy atom. The molecule has 0 saturated heterocycles. The Balaban J connectivity index is 2.17. The minimum absolute atomic E-state index is 0.170. The Bertz CT molecular complexity index is 553. The van der Waals surface area contributed by atoms with E-state index in [4.69, 9.17) is 4.74 Å². The van der Waals surface area contributed by atoms with Gasteiger partial charge in [0, 0.05) is 18.1 Å². The number of methoxy groups -OCH3 is 1. The first-order valence-electron chi connectivity index (χ1n) is 5.56. The number of carbonyl (C=O) groups excluding carboxylic acids is 1. The van der Waals surface area contributed by atoms with Crippen molar-refractivity contribution in [3.8, 4) is 5.75 Å². The van der Waals surface area contributed by atoms with Gasteiger partial charge in [-0.2, -0.15) is 0 Å². The SMILES string of the molecule is COc1ccc(NC(=O)c2cccnc2)c(C)c1. The molecule has 0 radical (unpaired) electrons. The first-order valence-corrected chi connectivity index (χ1v) is 5.56. The van der Waals surface area contributed by atoms with E-state index in [0.29, 0.717) is 5.56 Å². The fourth-order valence-electron chi connectivity index (χ4n) is 1.59. The second-order valence-corrected chi connectivity index (χ2v) is 3.88. The van der Waals surface area contributed by atoms with Crippen molar-refractivity contribution in [2.24, 2.45) is 0 Å². The van der Waals surface area contributed by atoms with Gasteiger partial charge in [-0.05, 0) is 42.8 Å². The van der Waals surface area contributed by atoms with Crippen molar-refractivity contribution in [3.05, 3.63) is 53.9 Å². The molecule has 0 aliphatic rings. The number of benzene rings is 1. The lowest BCUT2D eigenvalue weighted by atomic mass is 10.1. The number of anilines is 1. The summed E-state index contributed by atoms with van der Waals surface area (Å²) in [6.45, 7) is 1.92. The van der Waals surface area contributed by atoms with E-state index in [1.54, 1.807) is 25.4 Å². The predicted octanol–water partition coefficient (Wildman–Crippen LogP) is 2.65. The van der Waals surface area contributed by atoms with Crippen molar-refractivity contribution in [1.82, 2.24) is 4.98 Å². The number of hydrogen-bond acceptors (Lipinski definition) is 3. The number of nitrogens with zero attached hydrogens (tertiary/aromatic N) is 1. The van der Waals surface area contributed by atoms with Crippen molar-refractivity contribution in [3.63, 3.8) is 0 Å². The van der Waals surface area contributed by atoms with Crippen molar-refractivity contribution in [1.29, 1.82) is 0 Å². The molecule has 0 bridgehead atoms. The molecule has 2 aromatic rings. The molecule has 2 rings (SSSR count). The zero-order valence-corrected chi connectivity index (χ0v) is 10.3. The van der Waals surface area contributed by atoms with E-state index >= 15 is 0 Å². The average molecular weight is 242 g/mol. The molecule has 18 heavy (non-hydrogen) atoms. The van der Waals surface area contributed by atoms with E-state index in [2.05, 4.69) is 10.3 Å². The van der Waals surface area contributed by atoms with Crippen LogP contribution >= 0.6 is 0 Å². The second kappa shape index (κ2) is 5.31. The van der Waals surface area contributed by atoms with Crippen LogP contribution in [0.15, 0.2) is 42.7 Å². The summed E-state index contributed by atoms with van der Waals surface area (Å²) >= 11 is 0. The minimum atomic E-state index is -0.170. The van der Waals surface area contributed by atoms with Gasteiger partial charge in [-0.15, -0.1) is 0 Å². The molecule has 0 spiro atoms. The van der Waals surface area contributed by atoms with Crippen molar-refractivity contribution < 1.29 is 9.53 Å². The molecular weight excluding hydrogens is 228 g/mol. The highest BCUT2D eigenvalue weighted by Crippen LogP contribution is 2.21. The minimum Gasteiger partial charge on any atom is -0.497 e. The van der Waals surface area contributed by atoms with Gasteiger partial charge >= 0.3 is 0 Å². The Hall–Kier alpha value is -2.36. The number of nitrogens with one attached hydrogen (secondary N) is 1. The quantitative estimate of drug-likeness (QED) is 0.900. The summed E-state index contributed by atoms with van der Waals surface area (Å²) in [7, 11) is 1.61. The monoisotopic (exact) mass is 242 g/mol. The van der Waals surface area contributed by atoms with Gasteiger partial charge in [0.05, 0.1) is 12.7 Å². The highest BCUT2D eigenvalue weighted by Gasteiger charge is 2.07. The molecule has 0 unspecified atom stereocenters. The zero-order chi connectivity index (χ0) is 13.0. The molecule has 92 valence electrons. The van der Waals surface area contributed by atoms with Crippen LogP contribution in [0.25, 0.3) is 0 Å². The first-order chi connectivity index (χ1) is 8.70. The Labute approximate surface area is 106 Å². The van der Waals surface area contributed by atoms with E-state index in [1.807, 2.05) is 25.1 Å². The standard InChI is InChI=1S/C14H14N2O2/c1-10-8-12(18-2)5-6-13(10)16-14(17)11-4-3-7-15-9-11/h3-9H,1-2H3,(H,16,17). The van der Waals surface area contributed by atoms with Gasteiger partial charge < -0.3 is 10.1 Å². The van der Waals surface area contributed by atoms with Crippen molar-refractivity contribution in [2.45, 2.75) is 6.92 Å². The Morgan fingerprint density at radius 3 is 2.78 bits per heavy atom. The van der Waals surface area contributed by atoms with Crippen molar-refractivity contribution >= 4 is 11.6 Å². The number of aromatic nitrogens is 1. The maximum absolute atomic E-state index is 11.9. The molecule has 0 aliphatic heterocycles. The van der Waals surface area contributed by atoms with Crippen LogP contribution < -0.4 is 10.1 Å². The van der Waals surface area contributed by atoms with Gasteiger partial charge in [0.25, 0.3) is 5.91 Å². The summed E-state index contributed by atoms with van der Waals surface area (Å²) in [5.74, 6) is 0.600. The molecule has 0 aliphatic carbocycles. The maximum atomic E-state index is 11.9. The zero-order valence-electron chi connectivity index (χ0n) is 10.3. The van der Waals surface area contributed by atoms with Crippen molar-refractivity contribution in [2.75, 3.05) is 12.4 Å². The first kappa shape index (κ1) is 12.1. The van der Waals surface area contributed by atoms with Crippen LogP contribution in [0.2, 0.25) is 0 Å². The lowest BCUT2D eigenvalue weighted by molar-refractivity contribution is 0.102. The lowest BCUT2D eigenvalue weighted by Crippen LogP contribution is -2.12. The molecule has 1 N–H and O–H groups in total. The molecule has 0 saturated carbocycles. The normalized spacial score (nSPS) is 9.89. The highest BCUT2D eigenvalue weighted by molar-refractivity contribution is 6.04. The summed E-state index contributed by atoms with van der Waals surface area (Å²) in [6.07, 6.45) is 3.17. The van der Waals surface area contributed by atoms with Gasteiger partial charge in [-0.3, -0.25) is 9.78 Å². The smallest absolute Gasteiger partial charge is 0.257 e. The molecule has 4 heteroatoms. The third-order valence-corrected chi connectivity index (χ3v) is 2.61. The number of carbonyl (C=O) groups is 1.